The Balaban J connectivity index is 2.85. The lowest BCUT2D eigenvalue weighted by molar-refractivity contribution is -0.148. The van der Waals surface area contributed by atoms with Gasteiger partial charge in [0.1, 0.15) is 0 Å². The Kier molecular flexibility index (Phi) is 2.76. The van der Waals surface area contributed by atoms with Gasteiger partial charge in [0, 0.05) is 7.05 Å². The number of aryl methyl sites for hydroxylation is 1. The van der Waals surface area contributed by atoms with Gasteiger partial charge in [0.2, 0.25) is 5.78 Å². The van der Waals surface area contributed by atoms with Crippen LogP contribution in [-0.2, 0) is 23.1 Å². The maximum absolute atomic E-state index is 10.8. The van der Waals surface area contributed by atoms with Crippen molar-refractivity contribution in [1.29, 1.82) is 0 Å². The van der Waals surface area contributed by atoms with Crippen molar-refractivity contribution in [1.82, 2.24) is 15.0 Å². The summed E-state index contributed by atoms with van der Waals surface area (Å²) < 4.78 is 1.75. The van der Waals surface area contributed by atoms with Crippen LogP contribution in [0.3, 0.4) is 0 Å². The summed E-state index contributed by atoms with van der Waals surface area (Å²) in [6.45, 7) is 0. The molecule has 0 amide bonds. The Hall–Kier alpha value is -1.24. The molecule has 1 heterocycles. The van der Waals surface area contributed by atoms with E-state index in [1.165, 1.54) is 4.68 Å². The summed E-state index contributed by atoms with van der Waals surface area (Å²) in [4.78, 5) is 21.1. The Labute approximate surface area is 81.7 Å². The molecule has 0 aliphatic rings. The fraction of sp³-hybridized carbons (Fsp3) is 0.333. The predicted octanol–water partition coefficient (Wildman–Crippen LogP) is -0.226. The van der Waals surface area contributed by atoms with Gasteiger partial charge in [-0.05, 0) is 15.9 Å². The number of carboxylic acids is 1. The van der Waals surface area contributed by atoms with Crippen molar-refractivity contribution in [3.8, 4) is 0 Å². The van der Waals surface area contributed by atoms with Gasteiger partial charge in [-0.15, -0.1) is 5.10 Å². The molecule has 1 N–H and O–H groups in total. The van der Waals surface area contributed by atoms with Crippen molar-refractivity contribution in [2.75, 3.05) is 0 Å². The first kappa shape index (κ1) is 9.85. The average Bonchev–Trinajstić information content (AvgIpc) is 2.35. The molecule has 6 nitrogen and oxygen atoms in total. The maximum Gasteiger partial charge on any atom is 0.372 e. The second-order valence-electron chi connectivity index (χ2n) is 2.36. The van der Waals surface area contributed by atoms with Gasteiger partial charge >= 0.3 is 5.97 Å². The van der Waals surface area contributed by atoms with Crippen molar-refractivity contribution in [3.05, 3.63) is 10.3 Å². The van der Waals surface area contributed by atoms with Crippen LogP contribution >= 0.6 is 15.9 Å². The highest BCUT2D eigenvalue weighted by Gasteiger charge is 2.17. The fourth-order valence-electron chi connectivity index (χ4n) is 0.767. The third-order valence-electron chi connectivity index (χ3n) is 1.46. The van der Waals surface area contributed by atoms with Crippen molar-refractivity contribution in [2.45, 2.75) is 6.42 Å². The Morgan fingerprint density at radius 2 is 2.23 bits per heavy atom. The van der Waals surface area contributed by atoms with E-state index in [1.807, 2.05) is 0 Å². The van der Waals surface area contributed by atoms with E-state index in [9.17, 15) is 9.59 Å². The predicted molar refractivity (Wildman–Crippen MR) is 45.0 cm³/mol. The van der Waals surface area contributed by atoms with E-state index >= 15 is 0 Å². The molecule has 0 aliphatic carbocycles. The molecular formula is C6H6BrN3O3. The first-order valence-electron chi connectivity index (χ1n) is 3.32. The summed E-state index contributed by atoms with van der Waals surface area (Å²) in [6.07, 6.45) is -0.209. The number of aliphatic carboxylic acids is 1. The van der Waals surface area contributed by atoms with E-state index in [0.29, 0.717) is 10.3 Å². The minimum atomic E-state index is -1.45. The van der Waals surface area contributed by atoms with Crippen LogP contribution in [0.4, 0.5) is 0 Å². The minimum Gasteiger partial charge on any atom is -0.475 e. The van der Waals surface area contributed by atoms with Crippen LogP contribution in [0.15, 0.2) is 4.60 Å². The number of aromatic nitrogens is 3. The number of hydrogen-bond acceptors (Lipinski definition) is 4. The molecule has 0 aliphatic heterocycles. The number of hydrogen-bond donors (Lipinski definition) is 1. The van der Waals surface area contributed by atoms with E-state index in [4.69, 9.17) is 5.11 Å². The molecule has 0 fully saturated rings. The molecule has 0 saturated carbocycles. The molecule has 0 saturated heterocycles. The third-order valence-corrected chi connectivity index (χ3v) is 2.08. The zero-order valence-electron chi connectivity index (χ0n) is 6.69. The van der Waals surface area contributed by atoms with Gasteiger partial charge in [-0.2, -0.15) is 0 Å². The van der Waals surface area contributed by atoms with E-state index in [2.05, 4.69) is 26.2 Å². The van der Waals surface area contributed by atoms with Gasteiger partial charge in [-0.3, -0.25) is 9.48 Å². The maximum atomic E-state index is 10.8. The second kappa shape index (κ2) is 3.65. The number of carbonyl (C=O) groups is 2. The quantitative estimate of drug-likeness (QED) is 0.747. The van der Waals surface area contributed by atoms with Crippen molar-refractivity contribution < 1.29 is 14.7 Å². The minimum absolute atomic E-state index is 0.209. The molecule has 70 valence electrons. The summed E-state index contributed by atoms with van der Waals surface area (Å²) in [6, 6.07) is 0. The number of halogens is 1. The van der Waals surface area contributed by atoms with Gasteiger partial charge in [0.25, 0.3) is 0 Å². The fourth-order valence-corrected chi connectivity index (χ4v) is 1.23. The van der Waals surface area contributed by atoms with Crippen molar-refractivity contribution in [3.63, 3.8) is 0 Å². The molecule has 7 heteroatoms. The molecule has 0 spiro atoms. The van der Waals surface area contributed by atoms with E-state index in [0.717, 1.165) is 0 Å². The summed E-state index contributed by atoms with van der Waals surface area (Å²) >= 11 is 3.06. The summed E-state index contributed by atoms with van der Waals surface area (Å²) in [7, 11) is 1.59. The Morgan fingerprint density at radius 1 is 1.62 bits per heavy atom. The first-order chi connectivity index (χ1) is 6.02. The van der Waals surface area contributed by atoms with Gasteiger partial charge in [-0.25, -0.2) is 4.79 Å². The second-order valence-corrected chi connectivity index (χ2v) is 3.11. The molecule has 13 heavy (non-hydrogen) atoms. The van der Waals surface area contributed by atoms with E-state index in [1.54, 1.807) is 7.05 Å². The number of Topliss-reactive ketones (excluding diaryl/α,β-unsaturated/α-hetero) is 1. The van der Waals surface area contributed by atoms with Crippen LogP contribution in [0.2, 0.25) is 0 Å². The SMILES string of the molecule is Cn1nnc(Br)c1CC(=O)C(=O)O. The Bertz CT molecular complexity index is 341. The molecule has 0 bridgehead atoms. The van der Waals surface area contributed by atoms with Gasteiger partial charge in [0.15, 0.2) is 4.60 Å². The van der Waals surface area contributed by atoms with Crippen LogP contribution in [0, 0.1) is 0 Å². The van der Waals surface area contributed by atoms with Crippen LogP contribution < -0.4 is 0 Å². The number of carboxylic acid groups (broad SMARTS) is 1. The monoisotopic (exact) mass is 247 g/mol. The third kappa shape index (κ3) is 2.11. The van der Waals surface area contributed by atoms with E-state index < -0.39 is 11.8 Å². The summed E-state index contributed by atoms with van der Waals surface area (Å²) in [5.74, 6) is -2.33. The van der Waals surface area contributed by atoms with Crippen LogP contribution in [0.5, 0.6) is 0 Å². The zero-order valence-corrected chi connectivity index (χ0v) is 8.28. The largest absolute Gasteiger partial charge is 0.475 e. The average molecular weight is 248 g/mol. The lowest BCUT2D eigenvalue weighted by Gasteiger charge is -1.96. The highest BCUT2D eigenvalue weighted by molar-refractivity contribution is 9.10. The van der Waals surface area contributed by atoms with Crippen LogP contribution in [0.25, 0.3) is 0 Å². The standard InChI is InChI=1S/C6H6BrN3O3/c1-10-3(5(7)8-9-10)2-4(11)6(12)13/h2H2,1H3,(H,12,13). The molecule has 0 aromatic carbocycles. The van der Waals surface area contributed by atoms with Gasteiger partial charge in [0.05, 0.1) is 12.1 Å². The molecule has 1 aromatic heterocycles. The van der Waals surface area contributed by atoms with Gasteiger partial charge < -0.3 is 5.11 Å². The molecule has 1 aromatic rings. The molecule has 1 rings (SSSR count). The normalized spacial score (nSPS) is 10.0. The number of carbonyl (C=O) groups excluding carboxylic acids is 1. The highest BCUT2D eigenvalue weighted by atomic mass is 79.9. The summed E-state index contributed by atoms with van der Waals surface area (Å²) in [5, 5.41) is 15.6. The first-order valence-corrected chi connectivity index (χ1v) is 4.12. The van der Waals surface area contributed by atoms with E-state index in [-0.39, 0.29) is 6.42 Å². The van der Waals surface area contributed by atoms with Crippen LogP contribution in [-0.4, -0.2) is 31.9 Å². The highest BCUT2D eigenvalue weighted by Crippen LogP contribution is 2.12. The lowest BCUT2D eigenvalue weighted by atomic mass is 10.2. The topological polar surface area (TPSA) is 85.1 Å². The lowest BCUT2D eigenvalue weighted by Crippen LogP contribution is -2.17. The molecule has 0 radical (unpaired) electrons. The van der Waals surface area contributed by atoms with Crippen molar-refractivity contribution >= 4 is 27.7 Å². The zero-order chi connectivity index (χ0) is 10.0. The van der Waals surface area contributed by atoms with Gasteiger partial charge in [-0.1, -0.05) is 5.21 Å². The number of nitrogens with zero attached hydrogens (tertiary/aromatic N) is 3. The molecule has 0 unspecified atom stereocenters. The number of rotatable bonds is 3. The molecular weight excluding hydrogens is 242 g/mol. The summed E-state index contributed by atoms with van der Waals surface area (Å²) in [5.41, 5.74) is 0.451. The Morgan fingerprint density at radius 3 is 2.62 bits per heavy atom. The molecule has 0 atom stereocenters. The smallest absolute Gasteiger partial charge is 0.372 e. The number of ketones is 1. The van der Waals surface area contributed by atoms with Crippen LogP contribution in [0.1, 0.15) is 5.69 Å². The van der Waals surface area contributed by atoms with Crippen molar-refractivity contribution in [2.24, 2.45) is 7.05 Å².